The molecule has 13 nitrogen and oxygen atoms in total. The van der Waals surface area contributed by atoms with E-state index in [1.54, 1.807) is 27.9 Å². The van der Waals surface area contributed by atoms with E-state index in [4.69, 9.17) is 14.2 Å². The molecule has 1 amide bonds. The van der Waals surface area contributed by atoms with Gasteiger partial charge in [0.25, 0.3) is 0 Å². The number of hydrogen-bond acceptors (Lipinski definition) is 12. The van der Waals surface area contributed by atoms with Crippen molar-refractivity contribution in [2.45, 2.75) is 186 Å². The quantitative estimate of drug-likeness (QED) is 0.171. The van der Waals surface area contributed by atoms with Gasteiger partial charge in [0, 0.05) is 44.2 Å². The first-order valence-corrected chi connectivity index (χ1v) is 23.2. The number of amides is 1. The molecule has 62 heavy (non-hydrogen) atoms. The summed E-state index contributed by atoms with van der Waals surface area (Å²) in [6, 6.07) is -0.935. The number of carbonyl (C=O) groups is 4. The number of Topliss-reactive ketones (excluding diaryl/α,β-unsaturated/α-hetero) is 2. The summed E-state index contributed by atoms with van der Waals surface area (Å²) in [5, 5.41) is 54.6. The van der Waals surface area contributed by atoms with Crippen LogP contribution in [-0.4, -0.2) is 122 Å². The second-order valence-corrected chi connectivity index (χ2v) is 19.3. The predicted molar refractivity (Wildman–Crippen MR) is 235 cm³/mol. The highest BCUT2D eigenvalue weighted by Gasteiger charge is 2.46. The molecule has 2 bridgehead atoms. The van der Waals surface area contributed by atoms with Gasteiger partial charge in [0.15, 0.2) is 11.6 Å². The van der Waals surface area contributed by atoms with E-state index in [9.17, 15) is 44.7 Å². The van der Waals surface area contributed by atoms with E-state index in [1.165, 1.54) is 11.0 Å². The van der Waals surface area contributed by atoms with Crippen LogP contribution in [-0.2, 0) is 33.4 Å². The van der Waals surface area contributed by atoms with Crippen molar-refractivity contribution < 1.29 is 58.9 Å². The molecular weight excluding hydrogens is 795 g/mol. The van der Waals surface area contributed by atoms with Crippen LogP contribution >= 0.6 is 0 Å². The molecule has 3 fully saturated rings. The van der Waals surface area contributed by atoms with Gasteiger partial charge in [-0.2, -0.15) is 0 Å². The van der Waals surface area contributed by atoms with Crippen LogP contribution in [0.1, 0.15) is 132 Å². The smallest absolute Gasteiger partial charge is 0.329 e. The maximum absolute atomic E-state index is 14.3. The van der Waals surface area contributed by atoms with Gasteiger partial charge < -0.3 is 44.6 Å². The van der Waals surface area contributed by atoms with Gasteiger partial charge in [-0.15, -0.1) is 0 Å². The second-order valence-electron chi connectivity index (χ2n) is 19.3. The predicted octanol–water partition coefficient (Wildman–Crippen LogP) is 5.69. The Balaban J connectivity index is 1.65. The molecule has 5 N–H and O–H groups in total. The number of methoxy groups -OCH3 is 1. The number of ketones is 2. The lowest BCUT2D eigenvalue weighted by atomic mass is 9.78. The molecule has 0 aromatic heterocycles. The number of aliphatic hydroxyl groups excluding tert-OH is 4. The van der Waals surface area contributed by atoms with Gasteiger partial charge in [-0.1, -0.05) is 71.1 Å². The lowest BCUT2D eigenvalue weighted by Gasteiger charge is -2.44. The van der Waals surface area contributed by atoms with Gasteiger partial charge in [0.1, 0.15) is 30.1 Å². The number of aliphatic hydroxyl groups is 5. The molecule has 1 saturated carbocycles. The summed E-state index contributed by atoms with van der Waals surface area (Å²) in [5.74, 6) is -5.62. The maximum Gasteiger partial charge on any atom is 0.329 e. The minimum absolute atomic E-state index is 0.0125. The van der Waals surface area contributed by atoms with Crippen LogP contribution in [0.3, 0.4) is 0 Å². The third kappa shape index (κ3) is 14.2. The topological polar surface area (TPSA) is 200 Å². The third-order valence-corrected chi connectivity index (χ3v) is 14.0. The number of esters is 1. The van der Waals surface area contributed by atoms with Gasteiger partial charge in [0.2, 0.25) is 5.91 Å². The van der Waals surface area contributed by atoms with Crippen molar-refractivity contribution >= 4 is 23.4 Å². The number of carbonyl (C=O) groups excluding carboxylic acids is 4. The molecule has 15 atom stereocenters. The largest absolute Gasteiger partial charge is 0.460 e. The number of hydrogen-bond donors (Lipinski definition) is 5. The van der Waals surface area contributed by atoms with Crippen molar-refractivity contribution in [1.82, 2.24) is 4.90 Å². The summed E-state index contributed by atoms with van der Waals surface area (Å²) < 4.78 is 18.5. The molecule has 1 unspecified atom stereocenters. The molecule has 13 heteroatoms. The minimum atomic E-state index is -1.76. The molecular formula is C49H77NO12. The highest BCUT2D eigenvalue weighted by molar-refractivity contribution is 5.87. The van der Waals surface area contributed by atoms with E-state index in [1.807, 2.05) is 58.1 Å². The summed E-state index contributed by atoms with van der Waals surface area (Å²) >= 11 is 0. The standard InChI is InChI=1S/C49H77NO12/c1-29-14-10-9-11-15-30(2)42(60-8)26-37-19-17-35(7)49(59,62-37)28-44(54)50-21-13-12-16-38(50)48(58)61-43(32(4)24-36-18-20-39(51)41(53)25-36)27-40(52)31(3)23-34(6)46(56)47(57)45(55)33(5)22-29/h9-11,14-15,23,29,31-33,35-39,41-43,46-47,51,53,56-57,59H,12-13,16-22,24-28H2,1-8H3/b11-9+,14-10+,30-15+,34-23+/t29-,31-,32-,33-,35-,36?,37+,38+,39+,41+,42+,43+,46-,47+,49+/m1/s1. The van der Waals surface area contributed by atoms with Crippen molar-refractivity contribution in [3.05, 3.63) is 47.6 Å². The van der Waals surface area contributed by atoms with Gasteiger partial charge in [0.05, 0.1) is 30.8 Å². The van der Waals surface area contributed by atoms with Crippen LogP contribution in [0, 0.1) is 35.5 Å². The van der Waals surface area contributed by atoms with E-state index >= 15 is 0 Å². The fourth-order valence-electron chi connectivity index (χ4n) is 9.75. The molecule has 0 aromatic carbocycles. The van der Waals surface area contributed by atoms with Crippen LogP contribution in [0.4, 0.5) is 0 Å². The highest BCUT2D eigenvalue weighted by Crippen LogP contribution is 2.38. The average Bonchev–Trinajstić information content (AvgIpc) is 3.23. The Bertz CT molecular complexity index is 1640. The van der Waals surface area contributed by atoms with Crippen molar-refractivity contribution in [3.8, 4) is 0 Å². The molecule has 350 valence electrons. The Morgan fingerprint density at radius 1 is 0.855 bits per heavy atom. The Morgan fingerprint density at radius 3 is 2.27 bits per heavy atom. The Kier molecular flexibility index (Phi) is 19.8. The SMILES string of the molecule is CO[C@H]1C[C@@H]2CC[C@@H](C)[C@](O)(CC(=O)N3CCCC[C@H]3C(=O)O[C@H]([C@H](C)CC3CC[C@H](O)[C@@H](O)C3)CC(=O)[C@H](C)/C=C(\C)[C@@H](O)[C@@H](O)C(=O)[C@H](C)C[C@H](C)/C=C/C=C/C=C/1C)O2. The average molecular weight is 872 g/mol. The van der Waals surface area contributed by atoms with E-state index < -0.39 is 71.8 Å². The van der Waals surface area contributed by atoms with E-state index in [-0.39, 0.29) is 60.1 Å². The number of piperidine rings is 1. The van der Waals surface area contributed by atoms with Gasteiger partial charge in [-0.3, -0.25) is 14.4 Å². The zero-order valence-electron chi connectivity index (χ0n) is 38.5. The number of fused-ring (bicyclic) bond motifs is 3. The molecule has 0 aromatic rings. The lowest BCUT2D eigenvalue weighted by molar-refractivity contribution is -0.284. The summed E-state index contributed by atoms with van der Waals surface area (Å²) in [7, 11) is 1.62. The number of rotatable bonds is 4. The van der Waals surface area contributed by atoms with E-state index in [0.717, 1.165) is 5.57 Å². The molecule has 0 spiro atoms. The normalized spacial score (nSPS) is 41.8. The van der Waals surface area contributed by atoms with Crippen molar-refractivity contribution in [2.75, 3.05) is 13.7 Å². The van der Waals surface area contributed by atoms with E-state index in [2.05, 4.69) is 0 Å². The summed E-state index contributed by atoms with van der Waals surface area (Å²) in [4.78, 5) is 57.2. The number of nitrogens with zero attached hydrogens (tertiary/aromatic N) is 1. The number of ether oxygens (including phenoxy) is 3. The molecule has 2 saturated heterocycles. The molecule has 1 aliphatic carbocycles. The lowest BCUT2D eigenvalue weighted by Crippen LogP contribution is -2.55. The van der Waals surface area contributed by atoms with Crippen LogP contribution in [0.15, 0.2) is 47.6 Å². The second kappa shape index (κ2) is 23.8. The maximum atomic E-state index is 14.3. The van der Waals surface area contributed by atoms with Crippen molar-refractivity contribution in [2.24, 2.45) is 35.5 Å². The van der Waals surface area contributed by atoms with Crippen molar-refractivity contribution in [3.63, 3.8) is 0 Å². The number of cyclic esters (lactones) is 1. The zero-order valence-corrected chi connectivity index (χ0v) is 38.5. The molecule has 3 aliphatic heterocycles. The van der Waals surface area contributed by atoms with Crippen LogP contribution in [0.5, 0.6) is 0 Å². The molecule has 3 heterocycles. The first-order chi connectivity index (χ1) is 29.2. The first kappa shape index (κ1) is 51.6. The first-order valence-electron chi connectivity index (χ1n) is 23.2. The van der Waals surface area contributed by atoms with Gasteiger partial charge >= 0.3 is 5.97 Å². The minimum Gasteiger partial charge on any atom is -0.460 e. The Hall–Kier alpha value is -3.04. The number of allylic oxidation sites excluding steroid dienone is 6. The van der Waals surface area contributed by atoms with Crippen LogP contribution < -0.4 is 0 Å². The van der Waals surface area contributed by atoms with Gasteiger partial charge in [-0.05, 0) is 107 Å². The highest BCUT2D eigenvalue weighted by atomic mass is 16.6. The van der Waals surface area contributed by atoms with Crippen LogP contribution in [0.25, 0.3) is 0 Å². The fourth-order valence-corrected chi connectivity index (χ4v) is 9.75. The molecule has 4 aliphatic rings. The van der Waals surface area contributed by atoms with Crippen molar-refractivity contribution in [1.29, 1.82) is 0 Å². The summed E-state index contributed by atoms with van der Waals surface area (Å²) in [6.07, 6.45) is 10.0. The molecule has 0 radical (unpaired) electrons. The summed E-state index contributed by atoms with van der Waals surface area (Å²) in [5.41, 5.74) is 1.21. The van der Waals surface area contributed by atoms with Gasteiger partial charge in [-0.25, -0.2) is 4.79 Å². The Morgan fingerprint density at radius 2 is 1.58 bits per heavy atom. The fraction of sp³-hybridized carbons (Fsp3) is 0.755. The zero-order chi connectivity index (χ0) is 45.9. The Labute approximate surface area is 369 Å². The monoisotopic (exact) mass is 872 g/mol. The van der Waals surface area contributed by atoms with E-state index in [0.29, 0.717) is 77.2 Å². The molecule has 4 rings (SSSR count). The third-order valence-electron chi connectivity index (χ3n) is 14.0. The van der Waals surface area contributed by atoms with Crippen LogP contribution in [0.2, 0.25) is 0 Å². The summed E-state index contributed by atoms with van der Waals surface area (Å²) in [6.45, 7) is 12.9.